The van der Waals surface area contributed by atoms with Crippen molar-refractivity contribution in [1.82, 2.24) is 20.4 Å². The molecule has 0 aliphatic heterocycles. The average Bonchev–Trinajstić information content (AvgIpc) is 3.15. The number of ether oxygens (including phenoxy) is 1. The van der Waals surface area contributed by atoms with Gasteiger partial charge in [-0.15, -0.1) is 0 Å². The van der Waals surface area contributed by atoms with E-state index in [0.29, 0.717) is 26.3 Å². The molecule has 0 unspecified atom stereocenters. The fourth-order valence-corrected chi connectivity index (χ4v) is 2.77. The lowest BCUT2D eigenvalue weighted by atomic mass is 10.1. The van der Waals surface area contributed by atoms with Crippen LogP contribution in [0.3, 0.4) is 0 Å². The van der Waals surface area contributed by atoms with Gasteiger partial charge in [-0.25, -0.2) is 0 Å². The molecule has 6 nitrogen and oxygen atoms in total. The Kier molecular flexibility index (Phi) is 7.21. The van der Waals surface area contributed by atoms with Gasteiger partial charge in [0.2, 0.25) is 0 Å². The third-order valence-electron chi connectivity index (χ3n) is 4.45. The molecule has 3 aromatic rings. The Labute approximate surface area is 166 Å². The highest BCUT2D eigenvalue weighted by atomic mass is 16.5. The summed E-state index contributed by atoms with van der Waals surface area (Å²) < 4.78 is 7.63. The predicted octanol–water partition coefficient (Wildman–Crippen LogP) is 3.00. The first-order valence-electron chi connectivity index (χ1n) is 9.35. The predicted molar refractivity (Wildman–Crippen MR) is 112 cm³/mol. The minimum Gasteiger partial charge on any atom is -0.372 e. The molecule has 0 saturated heterocycles. The van der Waals surface area contributed by atoms with Crippen LogP contribution < -0.4 is 10.6 Å². The van der Waals surface area contributed by atoms with E-state index in [0.717, 1.165) is 11.7 Å². The first-order chi connectivity index (χ1) is 13.7. The number of hydrogen-bond donors (Lipinski definition) is 2. The molecule has 1 aromatic heterocycles. The van der Waals surface area contributed by atoms with Gasteiger partial charge < -0.3 is 15.4 Å². The maximum Gasteiger partial charge on any atom is 0.191 e. The normalized spacial score (nSPS) is 11.4. The number of benzene rings is 2. The van der Waals surface area contributed by atoms with Gasteiger partial charge in [0.1, 0.15) is 0 Å². The minimum atomic E-state index is 0.608. The smallest absolute Gasteiger partial charge is 0.191 e. The molecule has 0 radical (unpaired) electrons. The Morgan fingerprint density at radius 1 is 0.893 bits per heavy atom. The number of nitrogens with zero attached hydrogens (tertiary/aromatic N) is 3. The average molecular weight is 377 g/mol. The maximum absolute atomic E-state index is 5.79. The molecule has 0 aliphatic carbocycles. The summed E-state index contributed by atoms with van der Waals surface area (Å²) in [6.07, 6.45) is 1.79. The Bertz CT molecular complexity index is 871. The van der Waals surface area contributed by atoms with E-state index in [1.807, 2.05) is 36.0 Å². The standard InChI is InChI=1S/C22H27N5O/c1-23-22(25-15-21-12-13-26-27(21)2)24-14-18-8-10-20(11-9-18)17-28-16-19-6-4-3-5-7-19/h3-13H,14-17H2,1-2H3,(H2,23,24,25). The molecule has 28 heavy (non-hydrogen) atoms. The number of aryl methyl sites for hydroxylation is 1. The van der Waals surface area contributed by atoms with Gasteiger partial charge in [-0.05, 0) is 22.8 Å². The number of rotatable bonds is 8. The SMILES string of the molecule is CN=C(NCc1ccc(COCc2ccccc2)cc1)NCc1ccnn1C. The fourth-order valence-electron chi connectivity index (χ4n) is 2.77. The molecular formula is C22H27N5O. The van der Waals surface area contributed by atoms with Gasteiger partial charge in [-0.2, -0.15) is 5.10 Å². The van der Waals surface area contributed by atoms with Crippen LogP contribution >= 0.6 is 0 Å². The van der Waals surface area contributed by atoms with Crippen molar-refractivity contribution in [1.29, 1.82) is 0 Å². The molecule has 0 saturated carbocycles. The van der Waals surface area contributed by atoms with Crippen LogP contribution in [0.4, 0.5) is 0 Å². The van der Waals surface area contributed by atoms with E-state index in [4.69, 9.17) is 4.74 Å². The monoisotopic (exact) mass is 377 g/mol. The van der Waals surface area contributed by atoms with Crippen molar-refractivity contribution >= 4 is 5.96 Å². The summed E-state index contributed by atoms with van der Waals surface area (Å²) in [5.41, 5.74) is 4.64. The van der Waals surface area contributed by atoms with Crippen LogP contribution in [0.15, 0.2) is 71.9 Å². The molecule has 0 amide bonds. The van der Waals surface area contributed by atoms with Crippen LogP contribution in [0.25, 0.3) is 0 Å². The van der Waals surface area contributed by atoms with Crippen molar-refractivity contribution < 1.29 is 4.74 Å². The molecule has 2 N–H and O–H groups in total. The van der Waals surface area contributed by atoms with Gasteiger partial charge in [0.25, 0.3) is 0 Å². The topological polar surface area (TPSA) is 63.5 Å². The van der Waals surface area contributed by atoms with Gasteiger partial charge in [-0.1, -0.05) is 54.6 Å². The van der Waals surface area contributed by atoms with Gasteiger partial charge in [0.15, 0.2) is 5.96 Å². The molecule has 0 aliphatic rings. The lowest BCUT2D eigenvalue weighted by Gasteiger charge is -2.12. The summed E-state index contributed by atoms with van der Waals surface area (Å²) >= 11 is 0. The van der Waals surface area contributed by atoms with E-state index < -0.39 is 0 Å². The Hall–Kier alpha value is -3.12. The summed E-state index contributed by atoms with van der Waals surface area (Å²) in [4.78, 5) is 4.26. The van der Waals surface area contributed by atoms with E-state index in [9.17, 15) is 0 Å². The molecule has 0 bridgehead atoms. The van der Waals surface area contributed by atoms with E-state index in [2.05, 4.69) is 57.1 Å². The quantitative estimate of drug-likeness (QED) is 0.468. The lowest BCUT2D eigenvalue weighted by molar-refractivity contribution is 0.107. The zero-order valence-electron chi connectivity index (χ0n) is 16.4. The fraction of sp³-hybridized carbons (Fsp3) is 0.273. The molecule has 0 fully saturated rings. The lowest BCUT2D eigenvalue weighted by Crippen LogP contribution is -2.36. The summed E-state index contributed by atoms with van der Waals surface area (Å²) in [5, 5.41) is 10.8. The second-order valence-corrected chi connectivity index (χ2v) is 6.52. The summed E-state index contributed by atoms with van der Waals surface area (Å²) in [6.45, 7) is 2.61. The van der Waals surface area contributed by atoms with Crippen molar-refractivity contribution in [3.05, 3.63) is 89.2 Å². The van der Waals surface area contributed by atoms with Crippen molar-refractivity contribution in [2.45, 2.75) is 26.3 Å². The second kappa shape index (κ2) is 10.3. The molecule has 146 valence electrons. The largest absolute Gasteiger partial charge is 0.372 e. The van der Waals surface area contributed by atoms with Crippen LogP contribution in [0.2, 0.25) is 0 Å². The number of hydrogen-bond acceptors (Lipinski definition) is 3. The number of guanidine groups is 1. The summed E-state index contributed by atoms with van der Waals surface area (Å²) in [7, 11) is 3.70. The van der Waals surface area contributed by atoms with Crippen LogP contribution in [-0.4, -0.2) is 22.8 Å². The van der Waals surface area contributed by atoms with Crippen molar-refractivity contribution in [3.8, 4) is 0 Å². The maximum atomic E-state index is 5.79. The molecule has 3 rings (SSSR count). The Balaban J connectivity index is 1.41. The second-order valence-electron chi connectivity index (χ2n) is 6.52. The van der Waals surface area contributed by atoms with E-state index >= 15 is 0 Å². The molecular weight excluding hydrogens is 350 g/mol. The van der Waals surface area contributed by atoms with Crippen LogP contribution in [0, 0.1) is 0 Å². The number of aromatic nitrogens is 2. The molecule has 6 heteroatoms. The minimum absolute atomic E-state index is 0.608. The van der Waals surface area contributed by atoms with Gasteiger partial charge in [0, 0.05) is 26.8 Å². The zero-order chi connectivity index (χ0) is 19.6. The van der Waals surface area contributed by atoms with Crippen molar-refractivity contribution in [3.63, 3.8) is 0 Å². The van der Waals surface area contributed by atoms with Gasteiger partial charge in [0.05, 0.1) is 25.5 Å². The first kappa shape index (κ1) is 19.6. The Morgan fingerprint density at radius 2 is 1.54 bits per heavy atom. The molecule has 1 heterocycles. The van der Waals surface area contributed by atoms with Gasteiger partial charge >= 0.3 is 0 Å². The summed E-state index contributed by atoms with van der Waals surface area (Å²) in [5.74, 6) is 0.761. The van der Waals surface area contributed by atoms with E-state index in [-0.39, 0.29) is 0 Å². The van der Waals surface area contributed by atoms with Crippen LogP contribution in [0.5, 0.6) is 0 Å². The van der Waals surface area contributed by atoms with Gasteiger partial charge in [-0.3, -0.25) is 9.67 Å². The molecule has 0 atom stereocenters. The highest BCUT2D eigenvalue weighted by molar-refractivity contribution is 5.79. The number of aliphatic imine (C=N–C) groups is 1. The highest BCUT2D eigenvalue weighted by Gasteiger charge is 2.02. The van der Waals surface area contributed by atoms with Crippen LogP contribution in [0.1, 0.15) is 22.4 Å². The Morgan fingerprint density at radius 3 is 2.18 bits per heavy atom. The van der Waals surface area contributed by atoms with E-state index in [1.165, 1.54) is 16.7 Å². The summed E-state index contributed by atoms with van der Waals surface area (Å²) in [6, 6.07) is 20.6. The van der Waals surface area contributed by atoms with Crippen molar-refractivity contribution in [2.24, 2.45) is 12.0 Å². The van der Waals surface area contributed by atoms with Crippen molar-refractivity contribution in [2.75, 3.05) is 7.05 Å². The third-order valence-corrected chi connectivity index (χ3v) is 4.45. The molecule has 0 spiro atoms. The molecule has 2 aromatic carbocycles. The van der Waals surface area contributed by atoms with Crippen LogP contribution in [-0.2, 0) is 38.1 Å². The number of nitrogens with one attached hydrogen (secondary N) is 2. The third kappa shape index (κ3) is 5.96. The van der Waals surface area contributed by atoms with E-state index in [1.54, 1.807) is 13.2 Å². The first-order valence-corrected chi connectivity index (χ1v) is 9.35. The zero-order valence-corrected chi connectivity index (χ0v) is 16.4. The highest BCUT2D eigenvalue weighted by Crippen LogP contribution is 2.08.